The number of fused-ring (bicyclic) bond motifs is 1. The molecule has 2 N–H and O–H groups in total. The van der Waals surface area contributed by atoms with E-state index in [0.29, 0.717) is 6.42 Å². The van der Waals surface area contributed by atoms with Gasteiger partial charge >= 0.3 is 0 Å². The maximum atomic E-state index is 11.8. The SMILES string of the molecule is CS(=O)(=O)NC(=O)c1cn(C[C@@H](O)CCCc2cccc3ccccc23)cn1. The minimum Gasteiger partial charge on any atom is -0.391 e. The molecule has 0 aliphatic rings. The zero-order valence-electron chi connectivity index (χ0n) is 15.6. The molecule has 0 aliphatic heterocycles. The molecule has 0 spiro atoms. The lowest BCUT2D eigenvalue weighted by molar-refractivity contribution is 0.0976. The van der Waals surface area contributed by atoms with Crippen LogP contribution >= 0.6 is 0 Å². The first-order valence-electron chi connectivity index (χ1n) is 9.00. The molecule has 0 saturated carbocycles. The molecule has 0 fully saturated rings. The van der Waals surface area contributed by atoms with E-state index in [2.05, 4.69) is 29.2 Å². The Bertz CT molecular complexity index is 1070. The number of amides is 1. The van der Waals surface area contributed by atoms with Gasteiger partial charge in [-0.2, -0.15) is 0 Å². The quantitative estimate of drug-likeness (QED) is 0.602. The Morgan fingerprint density at radius 1 is 1.21 bits per heavy atom. The highest BCUT2D eigenvalue weighted by Crippen LogP contribution is 2.20. The Hall–Kier alpha value is -2.71. The lowest BCUT2D eigenvalue weighted by Crippen LogP contribution is -2.29. The van der Waals surface area contributed by atoms with Gasteiger partial charge in [-0.05, 0) is 35.6 Å². The third kappa shape index (κ3) is 5.40. The van der Waals surface area contributed by atoms with Gasteiger partial charge in [0.05, 0.1) is 18.7 Å². The van der Waals surface area contributed by atoms with Crippen molar-refractivity contribution in [1.29, 1.82) is 0 Å². The molecule has 1 heterocycles. The fourth-order valence-electron chi connectivity index (χ4n) is 3.17. The first-order chi connectivity index (χ1) is 13.3. The molecular formula is C20H23N3O4S. The molecule has 28 heavy (non-hydrogen) atoms. The number of aromatic nitrogens is 2. The van der Waals surface area contributed by atoms with E-state index in [1.165, 1.54) is 28.9 Å². The van der Waals surface area contributed by atoms with E-state index in [9.17, 15) is 18.3 Å². The van der Waals surface area contributed by atoms with Gasteiger partial charge < -0.3 is 9.67 Å². The van der Waals surface area contributed by atoms with Crippen molar-refractivity contribution in [1.82, 2.24) is 14.3 Å². The molecule has 0 bridgehead atoms. The summed E-state index contributed by atoms with van der Waals surface area (Å²) in [6.07, 6.45) is 5.44. The number of imidazole rings is 1. The molecule has 0 radical (unpaired) electrons. The zero-order valence-corrected chi connectivity index (χ0v) is 16.4. The predicted molar refractivity (Wildman–Crippen MR) is 107 cm³/mol. The van der Waals surface area contributed by atoms with Gasteiger partial charge in [-0.15, -0.1) is 0 Å². The van der Waals surface area contributed by atoms with Gasteiger partial charge in [0.15, 0.2) is 0 Å². The number of sulfonamides is 1. The number of nitrogens with one attached hydrogen (secondary N) is 1. The number of hydrogen-bond acceptors (Lipinski definition) is 5. The molecule has 0 unspecified atom stereocenters. The number of carbonyl (C=O) groups excluding carboxylic acids is 1. The lowest BCUT2D eigenvalue weighted by atomic mass is 9.99. The van der Waals surface area contributed by atoms with Crippen LogP contribution in [0.1, 0.15) is 28.9 Å². The number of aliphatic hydroxyl groups is 1. The third-order valence-corrected chi connectivity index (χ3v) is 4.99. The van der Waals surface area contributed by atoms with Crippen molar-refractivity contribution in [3.05, 3.63) is 66.2 Å². The van der Waals surface area contributed by atoms with Crippen molar-refractivity contribution >= 4 is 26.7 Å². The van der Waals surface area contributed by atoms with Crippen molar-refractivity contribution in [2.75, 3.05) is 6.26 Å². The Kier molecular flexibility index (Phi) is 6.11. The van der Waals surface area contributed by atoms with Gasteiger partial charge in [0.25, 0.3) is 5.91 Å². The van der Waals surface area contributed by atoms with Gasteiger partial charge in [0.1, 0.15) is 5.69 Å². The van der Waals surface area contributed by atoms with E-state index in [0.717, 1.165) is 19.1 Å². The van der Waals surface area contributed by atoms with E-state index in [4.69, 9.17) is 0 Å². The molecule has 148 valence electrons. The smallest absolute Gasteiger partial charge is 0.284 e. The Morgan fingerprint density at radius 3 is 2.75 bits per heavy atom. The monoisotopic (exact) mass is 401 g/mol. The van der Waals surface area contributed by atoms with Crippen LogP contribution < -0.4 is 4.72 Å². The van der Waals surface area contributed by atoms with Crippen LogP contribution in [0.4, 0.5) is 0 Å². The summed E-state index contributed by atoms with van der Waals surface area (Å²) in [5.74, 6) is -0.785. The topological polar surface area (TPSA) is 101 Å². The van der Waals surface area contributed by atoms with Crippen LogP contribution in [0.3, 0.4) is 0 Å². The van der Waals surface area contributed by atoms with Crippen molar-refractivity contribution < 1.29 is 18.3 Å². The van der Waals surface area contributed by atoms with Crippen molar-refractivity contribution in [3.63, 3.8) is 0 Å². The molecule has 8 heteroatoms. The van der Waals surface area contributed by atoms with Gasteiger partial charge in [0.2, 0.25) is 10.0 Å². The Labute approximate surface area is 164 Å². The van der Waals surface area contributed by atoms with E-state index < -0.39 is 22.0 Å². The summed E-state index contributed by atoms with van der Waals surface area (Å²) in [5.41, 5.74) is 1.25. The standard InChI is InChI=1S/C20H23N3O4S/c1-28(26,27)22-20(25)19-13-23(14-21-19)12-17(24)10-5-9-16-8-4-7-15-6-2-3-11-18(15)16/h2-4,6-8,11,13-14,17,24H,5,9-10,12H2,1H3,(H,22,25)/t17-/m0/s1. The van der Waals surface area contributed by atoms with Crippen molar-refractivity contribution in [2.45, 2.75) is 31.9 Å². The average Bonchev–Trinajstić information content (AvgIpc) is 3.09. The number of rotatable bonds is 8. The molecule has 1 amide bonds. The molecule has 1 aromatic heterocycles. The van der Waals surface area contributed by atoms with Crippen LogP contribution in [-0.4, -0.2) is 41.3 Å². The van der Waals surface area contributed by atoms with Crippen LogP contribution in [0.2, 0.25) is 0 Å². The maximum absolute atomic E-state index is 11.8. The Morgan fingerprint density at radius 2 is 1.96 bits per heavy atom. The first-order valence-corrected chi connectivity index (χ1v) is 10.9. The van der Waals surface area contributed by atoms with Crippen molar-refractivity contribution in [3.8, 4) is 0 Å². The summed E-state index contributed by atoms with van der Waals surface area (Å²) < 4.78 is 25.7. The van der Waals surface area contributed by atoms with E-state index in [1.54, 1.807) is 4.57 Å². The molecule has 3 rings (SSSR count). The predicted octanol–water partition coefficient (Wildman–Crippen LogP) is 2.11. The summed E-state index contributed by atoms with van der Waals surface area (Å²) in [7, 11) is -3.64. The van der Waals surface area contributed by atoms with E-state index in [1.807, 2.05) is 22.9 Å². The molecule has 2 aromatic carbocycles. The second-order valence-electron chi connectivity index (χ2n) is 6.84. The van der Waals surface area contributed by atoms with Crippen LogP contribution in [0.15, 0.2) is 55.0 Å². The van der Waals surface area contributed by atoms with Crippen LogP contribution in [-0.2, 0) is 23.0 Å². The van der Waals surface area contributed by atoms with Crippen LogP contribution in [0.5, 0.6) is 0 Å². The molecule has 7 nitrogen and oxygen atoms in total. The third-order valence-electron chi connectivity index (χ3n) is 4.43. The fraction of sp³-hybridized carbons (Fsp3) is 0.300. The number of hydrogen-bond donors (Lipinski definition) is 2. The van der Waals surface area contributed by atoms with E-state index in [-0.39, 0.29) is 12.2 Å². The van der Waals surface area contributed by atoms with Crippen LogP contribution in [0.25, 0.3) is 10.8 Å². The maximum Gasteiger partial charge on any atom is 0.284 e. The summed E-state index contributed by atoms with van der Waals surface area (Å²) >= 11 is 0. The highest BCUT2D eigenvalue weighted by molar-refractivity contribution is 7.89. The molecule has 0 saturated heterocycles. The van der Waals surface area contributed by atoms with Gasteiger partial charge in [0, 0.05) is 12.7 Å². The second-order valence-corrected chi connectivity index (χ2v) is 8.59. The minimum atomic E-state index is -3.64. The number of benzene rings is 2. The molecular weight excluding hydrogens is 378 g/mol. The average molecular weight is 401 g/mol. The molecule has 3 aromatic rings. The lowest BCUT2D eigenvalue weighted by Gasteiger charge is -2.12. The largest absolute Gasteiger partial charge is 0.391 e. The van der Waals surface area contributed by atoms with Gasteiger partial charge in [-0.3, -0.25) is 4.79 Å². The highest BCUT2D eigenvalue weighted by Gasteiger charge is 2.15. The summed E-state index contributed by atoms with van der Waals surface area (Å²) in [6, 6.07) is 14.5. The number of nitrogens with zero attached hydrogens (tertiary/aromatic N) is 2. The first kappa shape index (κ1) is 20.0. The molecule has 0 aliphatic carbocycles. The van der Waals surface area contributed by atoms with Gasteiger partial charge in [-0.1, -0.05) is 42.5 Å². The number of aliphatic hydroxyl groups excluding tert-OH is 1. The summed E-state index contributed by atoms with van der Waals surface area (Å²) in [5, 5.41) is 12.7. The minimum absolute atomic E-state index is 0.00613. The summed E-state index contributed by atoms with van der Waals surface area (Å²) in [6.45, 7) is 0.286. The highest BCUT2D eigenvalue weighted by atomic mass is 32.2. The zero-order chi connectivity index (χ0) is 20.1. The Balaban J connectivity index is 1.52. The van der Waals surface area contributed by atoms with Crippen LogP contribution in [0, 0.1) is 0 Å². The number of carbonyl (C=O) groups is 1. The second kappa shape index (κ2) is 8.53. The fourth-order valence-corrected chi connectivity index (χ4v) is 3.61. The van der Waals surface area contributed by atoms with E-state index >= 15 is 0 Å². The summed E-state index contributed by atoms with van der Waals surface area (Å²) in [4.78, 5) is 15.7. The normalized spacial score (nSPS) is 12.8. The van der Waals surface area contributed by atoms with Gasteiger partial charge in [-0.25, -0.2) is 18.1 Å². The van der Waals surface area contributed by atoms with Crippen molar-refractivity contribution in [2.24, 2.45) is 0 Å². The number of aryl methyl sites for hydroxylation is 1. The molecule has 1 atom stereocenters.